The van der Waals surface area contributed by atoms with E-state index in [0.717, 1.165) is 22.6 Å². The third-order valence-corrected chi connectivity index (χ3v) is 8.46. The molecular weight excluding hydrogens is 661 g/mol. The minimum Gasteiger partial charge on any atom is -0.225 e. The Morgan fingerprint density at radius 3 is 1.57 bits per heavy atom. The summed E-state index contributed by atoms with van der Waals surface area (Å²) in [5.74, 6) is 1.58. The normalized spacial score (nSPS) is 11.0. The zero-order valence-corrected chi connectivity index (χ0v) is 30.5. The summed E-state index contributed by atoms with van der Waals surface area (Å²) in [4.78, 5) is 0. The third-order valence-electron chi connectivity index (χ3n) is 8.46. The predicted molar refractivity (Wildman–Crippen MR) is 182 cm³/mol. The summed E-state index contributed by atoms with van der Waals surface area (Å²) in [5.41, 5.74) is 9.27. The van der Waals surface area contributed by atoms with Crippen LogP contribution in [0.15, 0.2) is 140 Å². The van der Waals surface area contributed by atoms with Crippen molar-refractivity contribution in [2.24, 2.45) is 5.92 Å². The summed E-state index contributed by atoms with van der Waals surface area (Å²) in [6, 6.07) is 48.6. The molecule has 0 fully saturated rings. The van der Waals surface area contributed by atoms with Crippen LogP contribution in [0.3, 0.4) is 0 Å². The second-order valence-corrected chi connectivity index (χ2v) is 11.5. The van der Waals surface area contributed by atoms with Gasteiger partial charge in [0.05, 0.1) is 5.56 Å². The fourth-order valence-corrected chi connectivity index (χ4v) is 5.49. The molecule has 5 aromatic carbocycles. The molecule has 6 rings (SSSR count). The first kappa shape index (κ1) is 33.6. The minimum absolute atomic E-state index is 0. The molecule has 219 valence electrons. The van der Waals surface area contributed by atoms with Gasteiger partial charge in [-0.05, 0) is 43.0 Å². The van der Waals surface area contributed by atoms with E-state index in [2.05, 4.69) is 183 Å². The molecule has 0 aliphatic heterocycles. The van der Waals surface area contributed by atoms with Crippen LogP contribution >= 0.6 is 0 Å². The average molecular weight is 704 g/mol. The maximum Gasteiger partial charge on any atom is 0.292 e. The van der Waals surface area contributed by atoms with Gasteiger partial charge in [-0.25, -0.2) is 9.13 Å². The topological polar surface area (TPSA) is 8.81 Å². The van der Waals surface area contributed by atoms with Crippen LogP contribution in [0.4, 0.5) is 0 Å². The fraction of sp³-hybridized carbons (Fsp3) is 0.195. The summed E-state index contributed by atoms with van der Waals surface area (Å²) >= 11 is 0. The zero-order valence-electron chi connectivity index (χ0n) is 26.8. The molecule has 3 heteroatoms. The quantitative estimate of drug-likeness (QED) is 0.116. The van der Waals surface area contributed by atoms with Crippen molar-refractivity contribution in [3.63, 3.8) is 0 Å². The molecule has 2 nitrogen and oxygen atoms in total. The Bertz CT molecular complexity index is 1710. The molecule has 1 radical (unpaired) electrons. The van der Waals surface area contributed by atoms with Crippen molar-refractivity contribution in [2.75, 3.05) is 0 Å². The van der Waals surface area contributed by atoms with Crippen molar-refractivity contribution in [3.05, 3.63) is 146 Å². The molecule has 1 aromatic heterocycles. The molecule has 0 saturated heterocycles. The number of hydrogen-bond donors (Lipinski definition) is 0. The van der Waals surface area contributed by atoms with E-state index in [1.165, 1.54) is 27.8 Å². The third kappa shape index (κ3) is 6.83. The molecule has 0 aliphatic carbocycles. The number of benzene rings is 5. The molecular formula is C41H42N2Pr. The largest absolute Gasteiger partial charge is 0.292 e. The van der Waals surface area contributed by atoms with E-state index in [1.807, 2.05) is 13.8 Å². The van der Waals surface area contributed by atoms with Gasteiger partial charge in [-0.2, -0.15) is 18.2 Å². The number of nitrogens with zero attached hydrogens (tertiary/aromatic N) is 2. The summed E-state index contributed by atoms with van der Waals surface area (Å²) in [6.07, 6.45) is 4.49. The Hall–Kier alpha value is -3.33. The van der Waals surface area contributed by atoms with Gasteiger partial charge in [0.15, 0.2) is 0 Å². The van der Waals surface area contributed by atoms with Crippen LogP contribution in [-0.2, 0) is 5.54 Å². The maximum atomic E-state index is 3.46. The van der Waals surface area contributed by atoms with Gasteiger partial charge in [0, 0.05) is 47.0 Å². The van der Waals surface area contributed by atoms with Crippen LogP contribution in [0.25, 0.3) is 50.5 Å². The molecule has 1 heterocycles. The van der Waals surface area contributed by atoms with E-state index in [0.29, 0.717) is 5.92 Å². The van der Waals surface area contributed by atoms with Gasteiger partial charge in [-0.1, -0.05) is 153 Å². The van der Waals surface area contributed by atoms with Crippen LogP contribution in [-0.4, -0.2) is 4.57 Å². The van der Waals surface area contributed by atoms with Crippen LogP contribution < -0.4 is 4.57 Å². The SMILES string of the molecule is CC.CC(C)C(C)(C)[n+]1ccn(-c2c(-c3ccccc3)c[c-]cc2-c2ccccc2)c1-c1cccc(-c2ccccc2)c1.[Pr]. The summed E-state index contributed by atoms with van der Waals surface area (Å²) in [5, 5.41) is 0. The molecule has 6 aromatic rings. The first-order valence-corrected chi connectivity index (χ1v) is 15.4. The van der Waals surface area contributed by atoms with Gasteiger partial charge >= 0.3 is 0 Å². The van der Waals surface area contributed by atoms with Gasteiger partial charge < -0.3 is 0 Å². The molecule has 0 aliphatic rings. The van der Waals surface area contributed by atoms with Crippen molar-refractivity contribution < 1.29 is 45.9 Å². The Balaban J connectivity index is 0.00000144. The summed E-state index contributed by atoms with van der Waals surface area (Å²) < 4.78 is 4.86. The van der Waals surface area contributed by atoms with E-state index in [4.69, 9.17) is 0 Å². The maximum absolute atomic E-state index is 3.46. The standard InChI is InChI=1S/C39H36N2.C2H6.Pr/c1-29(2)39(3,4)41-27-26-40(38(41)34-23-14-22-33(28-34)30-16-8-5-9-17-30)37-35(31-18-10-6-11-19-31)24-15-25-36(37)32-20-12-7-13-21-32;1-2;/h5-14,16-29H,1-4H3;1-2H3;. The minimum atomic E-state index is -0.121. The molecule has 0 amide bonds. The molecule has 0 bridgehead atoms. The van der Waals surface area contributed by atoms with Crippen molar-refractivity contribution in [1.82, 2.24) is 4.57 Å². The second kappa shape index (κ2) is 15.1. The molecule has 0 spiro atoms. The van der Waals surface area contributed by atoms with Gasteiger partial charge in [0.2, 0.25) is 0 Å². The zero-order chi connectivity index (χ0) is 30.4. The van der Waals surface area contributed by atoms with Gasteiger partial charge in [0.1, 0.15) is 17.9 Å². The van der Waals surface area contributed by atoms with Gasteiger partial charge in [-0.3, -0.25) is 0 Å². The number of aromatic nitrogens is 2. The van der Waals surface area contributed by atoms with E-state index in [1.54, 1.807) is 0 Å². The molecule has 0 atom stereocenters. The number of rotatable bonds is 7. The van der Waals surface area contributed by atoms with Crippen LogP contribution in [0.2, 0.25) is 0 Å². The Labute approximate surface area is 297 Å². The van der Waals surface area contributed by atoms with E-state index in [-0.39, 0.29) is 46.8 Å². The molecule has 0 N–H and O–H groups in total. The Morgan fingerprint density at radius 1 is 0.614 bits per heavy atom. The second-order valence-electron chi connectivity index (χ2n) is 11.5. The Kier molecular flexibility index (Phi) is 11.5. The van der Waals surface area contributed by atoms with Crippen LogP contribution in [0.5, 0.6) is 0 Å². The molecule has 0 saturated carbocycles. The van der Waals surface area contributed by atoms with E-state index >= 15 is 0 Å². The smallest absolute Gasteiger partial charge is 0.225 e. The summed E-state index contributed by atoms with van der Waals surface area (Å²) in [7, 11) is 0. The van der Waals surface area contributed by atoms with Gasteiger partial charge in [0.25, 0.3) is 5.82 Å². The van der Waals surface area contributed by atoms with E-state index < -0.39 is 0 Å². The average Bonchev–Trinajstić information content (AvgIpc) is 3.52. The Morgan fingerprint density at radius 2 is 1.07 bits per heavy atom. The molecule has 0 unspecified atom stereocenters. The first-order valence-electron chi connectivity index (χ1n) is 15.4. The van der Waals surface area contributed by atoms with Gasteiger partial charge in [-0.15, -0.1) is 0 Å². The predicted octanol–water partition coefficient (Wildman–Crippen LogP) is 10.7. The fourth-order valence-electron chi connectivity index (χ4n) is 5.49. The van der Waals surface area contributed by atoms with Crippen molar-refractivity contribution >= 4 is 0 Å². The van der Waals surface area contributed by atoms with Crippen LogP contribution in [0.1, 0.15) is 41.5 Å². The van der Waals surface area contributed by atoms with Crippen molar-refractivity contribution in [2.45, 2.75) is 47.1 Å². The first-order chi connectivity index (χ1) is 20.9. The number of hydrogen-bond acceptors (Lipinski definition) is 0. The number of imidazole rings is 1. The van der Waals surface area contributed by atoms with Crippen LogP contribution in [0, 0.1) is 53.3 Å². The van der Waals surface area contributed by atoms with E-state index in [9.17, 15) is 0 Å². The monoisotopic (exact) mass is 703 g/mol. The summed E-state index contributed by atoms with van der Waals surface area (Å²) in [6.45, 7) is 13.3. The van der Waals surface area contributed by atoms with Crippen molar-refractivity contribution in [1.29, 1.82) is 0 Å². The molecule has 44 heavy (non-hydrogen) atoms. The van der Waals surface area contributed by atoms with Crippen molar-refractivity contribution in [3.8, 4) is 50.5 Å².